The maximum atomic E-state index is 11.7. The van der Waals surface area contributed by atoms with Crippen LogP contribution in [0.1, 0.15) is 35.7 Å². The Bertz CT molecular complexity index is 624. The first kappa shape index (κ1) is 14.9. The molecule has 0 radical (unpaired) electrons. The second-order valence-corrected chi connectivity index (χ2v) is 4.94. The summed E-state index contributed by atoms with van der Waals surface area (Å²) in [5, 5.41) is 0. The van der Waals surface area contributed by atoms with E-state index in [1.54, 1.807) is 6.07 Å². The van der Waals surface area contributed by atoms with Gasteiger partial charge < -0.3 is 16.2 Å². The molecular weight excluding hydrogens is 264 g/mol. The summed E-state index contributed by atoms with van der Waals surface area (Å²) in [6, 6.07) is 12.7. The van der Waals surface area contributed by atoms with Gasteiger partial charge in [-0.1, -0.05) is 31.5 Å². The highest BCUT2D eigenvalue weighted by atomic mass is 16.5. The highest BCUT2D eigenvalue weighted by Crippen LogP contribution is 2.32. The Morgan fingerprint density at radius 2 is 1.90 bits per heavy atom. The molecule has 2 rings (SSSR count). The van der Waals surface area contributed by atoms with E-state index in [2.05, 4.69) is 6.92 Å². The quantitative estimate of drug-likeness (QED) is 0.797. The third-order valence-electron chi connectivity index (χ3n) is 3.22. The summed E-state index contributed by atoms with van der Waals surface area (Å²) in [5.74, 6) is 0.643. The number of carbonyl (C=O) groups is 1. The number of carbonyl (C=O) groups excluding carboxylic acids is 1. The largest absolute Gasteiger partial charge is 0.456 e. The van der Waals surface area contributed by atoms with E-state index >= 15 is 0 Å². The van der Waals surface area contributed by atoms with E-state index in [0.29, 0.717) is 22.7 Å². The Balaban J connectivity index is 2.45. The fourth-order valence-electron chi connectivity index (χ4n) is 2.18. The first-order chi connectivity index (χ1) is 10.1. The lowest BCUT2D eigenvalue weighted by Gasteiger charge is -2.15. The van der Waals surface area contributed by atoms with Crippen molar-refractivity contribution in [1.29, 1.82) is 0 Å². The molecule has 4 heteroatoms. The SMILES string of the molecule is CCCCc1cc(N)cc(C(N)=O)c1Oc1ccccc1. The molecule has 0 aliphatic rings. The maximum absolute atomic E-state index is 11.7. The molecule has 0 bridgehead atoms. The molecule has 4 N–H and O–H groups in total. The number of hydrogen-bond donors (Lipinski definition) is 2. The van der Waals surface area contributed by atoms with Gasteiger partial charge in [0.15, 0.2) is 0 Å². The fraction of sp³-hybridized carbons (Fsp3) is 0.235. The number of amides is 1. The van der Waals surface area contributed by atoms with E-state index in [1.165, 1.54) is 0 Å². The average Bonchev–Trinajstić information content (AvgIpc) is 2.47. The molecule has 0 aliphatic heterocycles. The molecule has 1 amide bonds. The summed E-state index contributed by atoms with van der Waals surface area (Å²) in [6.07, 6.45) is 2.84. The van der Waals surface area contributed by atoms with Gasteiger partial charge in [-0.2, -0.15) is 0 Å². The zero-order valence-corrected chi connectivity index (χ0v) is 12.1. The molecule has 0 saturated heterocycles. The molecule has 0 atom stereocenters. The van der Waals surface area contributed by atoms with Crippen molar-refractivity contribution >= 4 is 11.6 Å². The van der Waals surface area contributed by atoms with Crippen molar-refractivity contribution in [3.05, 3.63) is 53.6 Å². The number of anilines is 1. The highest BCUT2D eigenvalue weighted by molar-refractivity contribution is 5.97. The molecule has 0 spiro atoms. The predicted octanol–water partition coefficient (Wildman–Crippen LogP) is 3.50. The fourth-order valence-corrected chi connectivity index (χ4v) is 2.18. The number of rotatable bonds is 6. The van der Waals surface area contributed by atoms with E-state index in [9.17, 15) is 4.79 Å². The lowest BCUT2D eigenvalue weighted by molar-refractivity contribution is 0.0998. The number of hydrogen-bond acceptors (Lipinski definition) is 3. The van der Waals surface area contributed by atoms with Crippen LogP contribution in [-0.2, 0) is 6.42 Å². The van der Waals surface area contributed by atoms with Gasteiger partial charge in [0.1, 0.15) is 11.5 Å². The molecule has 4 nitrogen and oxygen atoms in total. The molecule has 2 aromatic rings. The molecule has 2 aromatic carbocycles. The highest BCUT2D eigenvalue weighted by Gasteiger charge is 2.16. The van der Waals surface area contributed by atoms with Crippen LogP contribution in [0.25, 0.3) is 0 Å². The molecule has 0 heterocycles. The van der Waals surface area contributed by atoms with Crippen molar-refractivity contribution in [2.24, 2.45) is 5.73 Å². The lowest BCUT2D eigenvalue weighted by Crippen LogP contribution is -2.14. The summed E-state index contributed by atoms with van der Waals surface area (Å²) < 4.78 is 5.90. The zero-order valence-electron chi connectivity index (χ0n) is 12.1. The molecule has 21 heavy (non-hydrogen) atoms. The Labute approximate surface area is 124 Å². The minimum absolute atomic E-state index is 0.324. The van der Waals surface area contributed by atoms with Gasteiger partial charge in [-0.25, -0.2) is 0 Å². The summed E-state index contributed by atoms with van der Waals surface area (Å²) in [6.45, 7) is 2.11. The standard InChI is InChI=1S/C17H20N2O2/c1-2-3-7-12-10-13(18)11-15(17(19)20)16(12)21-14-8-5-4-6-9-14/h4-6,8-11H,2-3,7,18H2,1H3,(H2,19,20). The average molecular weight is 284 g/mol. The molecule has 110 valence electrons. The minimum atomic E-state index is -0.536. The van der Waals surface area contributed by atoms with Gasteiger partial charge in [-0.05, 0) is 42.7 Å². The number of nitrogens with two attached hydrogens (primary N) is 2. The van der Waals surface area contributed by atoms with Crippen LogP contribution < -0.4 is 16.2 Å². The van der Waals surface area contributed by atoms with Crippen molar-refractivity contribution in [2.45, 2.75) is 26.2 Å². The van der Waals surface area contributed by atoms with Crippen molar-refractivity contribution in [3.8, 4) is 11.5 Å². The zero-order chi connectivity index (χ0) is 15.2. The van der Waals surface area contributed by atoms with Gasteiger partial charge in [0.05, 0.1) is 5.56 Å². The van der Waals surface area contributed by atoms with Crippen molar-refractivity contribution in [1.82, 2.24) is 0 Å². The number of nitrogen functional groups attached to an aromatic ring is 1. The topological polar surface area (TPSA) is 78.3 Å². The summed E-state index contributed by atoms with van der Waals surface area (Å²) >= 11 is 0. The molecule has 0 aliphatic carbocycles. The summed E-state index contributed by atoms with van der Waals surface area (Å²) in [7, 11) is 0. The van der Waals surface area contributed by atoms with Crippen LogP contribution in [-0.4, -0.2) is 5.91 Å². The number of ether oxygens (including phenoxy) is 1. The number of para-hydroxylation sites is 1. The van der Waals surface area contributed by atoms with Gasteiger partial charge in [0.2, 0.25) is 0 Å². The minimum Gasteiger partial charge on any atom is -0.456 e. The number of benzene rings is 2. The van der Waals surface area contributed by atoms with Crippen molar-refractivity contribution in [3.63, 3.8) is 0 Å². The van der Waals surface area contributed by atoms with Crippen LogP contribution in [0.5, 0.6) is 11.5 Å². The summed E-state index contributed by atoms with van der Waals surface area (Å²) in [4.78, 5) is 11.7. The first-order valence-electron chi connectivity index (χ1n) is 7.07. The van der Waals surface area contributed by atoms with E-state index in [-0.39, 0.29) is 0 Å². The van der Waals surface area contributed by atoms with E-state index in [4.69, 9.17) is 16.2 Å². The molecule has 0 fully saturated rings. The molecule has 0 saturated carbocycles. The third kappa shape index (κ3) is 3.75. The summed E-state index contributed by atoms with van der Waals surface area (Å²) in [5.41, 5.74) is 13.1. The number of unbranched alkanes of at least 4 members (excludes halogenated alkanes) is 1. The van der Waals surface area contributed by atoms with Gasteiger partial charge in [-0.15, -0.1) is 0 Å². The molecule has 0 aromatic heterocycles. The Hall–Kier alpha value is -2.49. The van der Waals surface area contributed by atoms with E-state index in [0.717, 1.165) is 24.8 Å². The van der Waals surface area contributed by atoms with Crippen LogP contribution >= 0.6 is 0 Å². The van der Waals surface area contributed by atoms with E-state index in [1.807, 2.05) is 36.4 Å². The normalized spacial score (nSPS) is 10.3. The van der Waals surface area contributed by atoms with Gasteiger partial charge in [0.25, 0.3) is 5.91 Å². The van der Waals surface area contributed by atoms with Crippen LogP contribution in [0.4, 0.5) is 5.69 Å². The Kier molecular flexibility index (Phi) is 4.82. The van der Waals surface area contributed by atoms with Crippen molar-refractivity contribution in [2.75, 3.05) is 5.73 Å². The smallest absolute Gasteiger partial charge is 0.252 e. The number of primary amides is 1. The predicted molar refractivity (Wildman–Crippen MR) is 84.5 cm³/mol. The number of aryl methyl sites for hydroxylation is 1. The van der Waals surface area contributed by atoms with Crippen LogP contribution in [0.2, 0.25) is 0 Å². The van der Waals surface area contributed by atoms with Gasteiger partial charge >= 0.3 is 0 Å². The van der Waals surface area contributed by atoms with Crippen molar-refractivity contribution < 1.29 is 9.53 Å². The second kappa shape index (κ2) is 6.79. The van der Waals surface area contributed by atoms with Crippen LogP contribution in [0.3, 0.4) is 0 Å². The monoisotopic (exact) mass is 284 g/mol. The van der Waals surface area contributed by atoms with Crippen LogP contribution in [0, 0.1) is 0 Å². The Morgan fingerprint density at radius 1 is 1.19 bits per heavy atom. The first-order valence-corrected chi connectivity index (χ1v) is 7.07. The lowest BCUT2D eigenvalue weighted by atomic mass is 10.0. The van der Waals surface area contributed by atoms with Gasteiger partial charge in [-0.3, -0.25) is 4.79 Å². The second-order valence-electron chi connectivity index (χ2n) is 4.94. The molecule has 0 unspecified atom stereocenters. The molecular formula is C17H20N2O2. The van der Waals surface area contributed by atoms with Gasteiger partial charge in [0, 0.05) is 5.69 Å². The maximum Gasteiger partial charge on any atom is 0.252 e. The van der Waals surface area contributed by atoms with Crippen LogP contribution in [0.15, 0.2) is 42.5 Å². The third-order valence-corrected chi connectivity index (χ3v) is 3.22. The van der Waals surface area contributed by atoms with E-state index < -0.39 is 5.91 Å². The Morgan fingerprint density at radius 3 is 2.52 bits per heavy atom.